The number of aldehydes is 1. The van der Waals surface area contributed by atoms with E-state index in [4.69, 9.17) is 11.6 Å². The van der Waals surface area contributed by atoms with Crippen molar-refractivity contribution in [2.45, 2.75) is 4.83 Å². The molecular weight excluding hydrogens is 229 g/mol. The molecular formula is C7H5BrClNO. The Balaban J connectivity index is 2.95. The van der Waals surface area contributed by atoms with Crippen LogP contribution in [0.3, 0.4) is 0 Å². The Kier molecular flexibility index (Phi) is 3.02. The van der Waals surface area contributed by atoms with Crippen LogP contribution in [0.5, 0.6) is 0 Å². The molecule has 0 spiro atoms. The summed E-state index contributed by atoms with van der Waals surface area (Å²) in [5, 5.41) is 0.397. The van der Waals surface area contributed by atoms with Crippen molar-refractivity contribution in [2.75, 3.05) is 0 Å². The average molecular weight is 234 g/mol. The van der Waals surface area contributed by atoms with Crippen molar-refractivity contribution in [3.8, 4) is 0 Å². The molecule has 0 aliphatic rings. The van der Waals surface area contributed by atoms with E-state index < -0.39 is 0 Å². The number of pyridine rings is 1. The van der Waals surface area contributed by atoms with Crippen LogP contribution in [0.1, 0.15) is 10.5 Å². The molecule has 0 N–H and O–H groups in total. The van der Waals surface area contributed by atoms with E-state index in [1.54, 1.807) is 18.2 Å². The molecule has 0 fully saturated rings. The van der Waals surface area contributed by atoms with Gasteiger partial charge in [-0.2, -0.15) is 0 Å². The number of hydrogen-bond donors (Lipinski definition) is 0. The number of alkyl halides is 1. The maximum Gasteiger partial charge on any atom is 0.139 e. The summed E-state index contributed by atoms with van der Waals surface area (Å²) in [6, 6.07) is 5.15. The largest absolute Gasteiger partial charge is 0.302 e. The lowest BCUT2D eigenvalue weighted by Crippen LogP contribution is -1.93. The standard InChI is InChI=1S/C7H5BrClNO/c8-5(4-11)6-2-1-3-7(9)10-6/h1-5H/t5-/m1/s1. The lowest BCUT2D eigenvalue weighted by molar-refractivity contribution is -0.107. The van der Waals surface area contributed by atoms with E-state index in [-0.39, 0.29) is 4.83 Å². The van der Waals surface area contributed by atoms with Gasteiger partial charge in [0.25, 0.3) is 0 Å². The summed E-state index contributed by atoms with van der Waals surface area (Å²) in [7, 11) is 0. The number of aromatic nitrogens is 1. The SMILES string of the molecule is O=C[C@@H](Br)c1cccc(Cl)n1. The normalized spacial score (nSPS) is 12.5. The van der Waals surface area contributed by atoms with E-state index in [2.05, 4.69) is 20.9 Å². The second-order valence-corrected chi connectivity index (χ2v) is 3.30. The number of rotatable bonds is 2. The first kappa shape index (κ1) is 8.68. The number of carbonyl (C=O) groups is 1. The molecule has 58 valence electrons. The summed E-state index contributed by atoms with van der Waals surface area (Å²) in [6.45, 7) is 0. The summed E-state index contributed by atoms with van der Waals surface area (Å²) in [5.41, 5.74) is 0.632. The zero-order valence-corrected chi connectivity index (χ0v) is 7.84. The summed E-state index contributed by atoms with van der Waals surface area (Å²) >= 11 is 8.73. The molecule has 11 heavy (non-hydrogen) atoms. The maximum atomic E-state index is 10.3. The number of nitrogens with zero attached hydrogens (tertiary/aromatic N) is 1. The van der Waals surface area contributed by atoms with Gasteiger partial charge in [-0.05, 0) is 12.1 Å². The first-order valence-corrected chi connectivity index (χ1v) is 4.25. The van der Waals surface area contributed by atoms with Gasteiger partial charge in [0, 0.05) is 0 Å². The molecule has 1 atom stereocenters. The van der Waals surface area contributed by atoms with Crippen LogP contribution in [-0.4, -0.2) is 11.3 Å². The van der Waals surface area contributed by atoms with Gasteiger partial charge < -0.3 is 4.79 Å². The molecule has 1 aromatic heterocycles. The molecule has 2 nitrogen and oxygen atoms in total. The molecule has 0 saturated carbocycles. The minimum Gasteiger partial charge on any atom is -0.302 e. The minimum absolute atomic E-state index is 0.360. The number of carbonyl (C=O) groups excluding carboxylic acids is 1. The van der Waals surface area contributed by atoms with Crippen LogP contribution in [0.4, 0.5) is 0 Å². The maximum absolute atomic E-state index is 10.3. The first-order valence-electron chi connectivity index (χ1n) is 2.96. The van der Waals surface area contributed by atoms with Crippen molar-refractivity contribution in [3.63, 3.8) is 0 Å². The van der Waals surface area contributed by atoms with Crippen molar-refractivity contribution < 1.29 is 4.79 Å². The summed E-state index contributed by atoms with van der Waals surface area (Å²) in [6.07, 6.45) is 0.763. The lowest BCUT2D eigenvalue weighted by atomic mass is 10.3. The third kappa shape index (κ3) is 2.27. The highest BCUT2D eigenvalue weighted by Crippen LogP contribution is 2.18. The summed E-state index contributed by atoms with van der Waals surface area (Å²) in [4.78, 5) is 13.9. The van der Waals surface area contributed by atoms with Crippen LogP contribution in [0.15, 0.2) is 18.2 Å². The molecule has 0 amide bonds. The fraction of sp³-hybridized carbons (Fsp3) is 0.143. The lowest BCUT2D eigenvalue weighted by Gasteiger charge is -1.99. The Morgan fingerprint density at radius 3 is 2.91 bits per heavy atom. The predicted molar refractivity (Wildman–Crippen MR) is 47.0 cm³/mol. The fourth-order valence-electron chi connectivity index (χ4n) is 0.647. The monoisotopic (exact) mass is 233 g/mol. The molecule has 1 heterocycles. The fourth-order valence-corrected chi connectivity index (χ4v) is 1.07. The Morgan fingerprint density at radius 1 is 1.64 bits per heavy atom. The van der Waals surface area contributed by atoms with Crippen LogP contribution < -0.4 is 0 Å². The Labute approximate surface area is 77.7 Å². The van der Waals surface area contributed by atoms with Crippen molar-refractivity contribution in [2.24, 2.45) is 0 Å². The van der Waals surface area contributed by atoms with E-state index in [1.165, 1.54) is 0 Å². The van der Waals surface area contributed by atoms with Gasteiger partial charge in [0.15, 0.2) is 0 Å². The molecule has 0 aromatic carbocycles. The Morgan fingerprint density at radius 2 is 2.36 bits per heavy atom. The van der Waals surface area contributed by atoms with Crippen LogP contribution in [0.25, 0.3) is 0 Å². The molecule has 0 saturated heterocycles. The second-order valence-electron chi connectivity index (χ2n) is 1.92. The van der Waals surface area contributed by atoms with Gasteiger partial charge in [-0.15, -0.1) is 0 Å². The van der Waals surface area contributed by atoms with E-state index in [0.29, 0.717) is 10.8 Å². The van der Waals surface area contributed by atoms with Crippen molar-refractivity contribution in [1.29, 1.82) is 0 Å². The van der Waals surface area contributed by atoms with Crippen LogP contribution in [-0.2, 0) is 4.79 Å². The third-order valence-electron chi connectivity index (χ3n) is 1.14. The van der Waals surface area contributed by atoms with Crippen LogP contribution in [0, 0.1) is 0 Å². The highest BCUT2D eigenvalue weighted by atomic mass is 79.9. The molecule has 0 aliphatic heterocycles. The van der Waals surface area contributed by atoms with Crippen molar-refractivity contribution in [1.82, 2.24) is 4.98 Å². The topological polar surface area (TPSA) is 30.0 Å². The smallest absolute Gasteiger partial charge is 0.139 e. The quantitative estimate of drug-likeness (QED) is 0.447. The highest BCUT2D eigenvalue weighted by Gasteiger charge is 2.06. The van der Waals surface area contributed by atoms with Gasteiger partial charge in [-0.25, -0.2) is 4.98 Å². The average Bonchev–Trinajstić information content (AvgIpc) is 2.03. The van der Waals surface area contributed by atoms with Gasteiger partial charge in [0.2, 0.25) is 0 Å². The zero-order valence-electron chi connectivity index (χ0n) is 5.50. The molecule has 4 heteroatoms. The Bertz CT molecular complexity index is 266. The van der Waals surface area contributed by atoms with Crippen molar-refractivity contribution >= 4 is 33.8 Å². The molecule has 1 rings (SSSR count). The van der Waals surface area contributed by atoms with Gasteiger partial charge in [-0.3, -0.25) is 0 Å². The molecule has 1 aromatic rings. The predicted octanol–water partition coefficient (Wildman–Crippen LogP) is 2.37. The van der Waals surface area contributed by atoms with E-state index in [9.17, 15) is 4.79 Å². The Hall–Kier alpha value is -0.410. The van der Waals surface area contributed by atoms with Gasteiger partial charge in [-0.1, -0.05) is 33.6 Å². The molecule has 0 unspecified atom stereocenters. The van der Waals surface area contributed by atoms with E-state index in [0.717, 1.165) is 6.29 Å². The van der Waals surface area contributed by atoms with E-state index >= 15 is 0 Å². The number of halogens is 2. The van der Waals surface area contributed by atoms with Gasteiger partial charge in [0.05, 0.1) is 5.69 Å². The summed E-state index contributed by atoms with van der Waals surface area (Å²) in [5.74, 6) is 0. The summed E-state index contributed by atoms with van der Waals surface area (Å²) < 4.78 is 0. The molecule has 0 radical (unpaired) electrons. The minimum atomic E-state index is -0.360. The van der Waals surface area contributed by atoms with Crippen LogP contribution in [0.2, 0.25) is 5.15 Å². The number of hydrogen-bond acceptors (Lipinski definition) is 2. The third-order valence-corrected chi connectivity index (χ3v) is 2.03. The van der Waals surface area contributed by atoms with Gasteiger partial charge >= 0.3 is 0 Å². The van der Waals surface area contributed by atoms with Gasteiger partial charge in [0.1, 0.15) is 16.3 Å². The van der Waals surface area contributed by atoms with Crippen molar-refractivity contribution in [3.05, 3.63) is 29.0 Å². The van der Waals surface area contributed by atoms with Crippen LogP contribution >= 0.6 is 27.5 Å². The zero-order chi connectivity index (χ0) is 8.27. The molecule has 0 bridgehead atoms. The van der Waals surface area contributed by atoms with E-state index in [1.807, 2.05) is 0 Å². The first-order chi connectivity index (χ1) is 5.24. The molecule has 0 aliphatic carbocycles. The second kappa shape index (κ2) is 3.83. The highest BCUT2D eigenvalue weighted by molar-refractivity contribution is 9.09.